The van der Waals surface area contributed by atoms with Crippen LogP contribution < -0.4 is 5.32 Å². The van der Waals surface area contributed by atoms with E-state index in [0.29, 0.717) is 19.6 Å². The molecule has 2 heterocycles. The summed E-state index contributed by atoms with van der Waals surface area (Å²) in [6.07, 6.45) is 3.84. The molecule has 0 aromatic carbocycles. The summed E-state index contributed by atoms with van der Waals surface area (Å²) in [5, 5.41) is 5.78. The average Bonchev–Trinajstić information content (AvgIpc) is 2.94. The third kappa shape index (κ3) is 5.61. The second kappa shape index (κ2) is 8.49. The van der Waals surface area contributed by atoms with Crippen molar-refractivity contribution in [3.05, 3.63) is 46.2 Å². The summed E-state index contributed by atoms with van der Waals surface area (Å²) in [5.41, 5.74) is 1.89. The van der Waals surface area contributed by atoms with Crippen molar-refractivity contribution in [2.45, 2.75) is 19.3 Å². The second-order valence-electron chi connectivity index (χ2n) is 4.57. The first-order chi connectivity index (χ1) is 10.3. The summed E-state index contributed by atoms with van der Waals surface area (Å²) in [7, 11) is 1.61. The summed E-state index contributed by atoms with van der Waals surface area (Å²) >= 11 is 1.60. The molecule has 2 aromatic heterocycles. The minimum Gasteiger partial charge on any atom is -0.383 e. The van der Waals surface area contributed by atoms with Crippen LogP contribution in [0.15, 0.2) is 29.8 Å². The maximum Gasteiger partial charge on any atom is 0.226 e. The van der Waals surface area contributed by atoms with Crippen molar-refractivity contribution in [3.8, 4) is 0 Å². The number of ether oxygens (including phenoxy) is 1. The summed E-state index contributed by atoms with van der Waals surface area (Å²) in [5.74, 6) is -0.0198. The zero-order valence-electron chi connectivity index (χ0n) is 12.0. The van der Waals surface area contributed by atoms with Gasteiger partial charge in [0.15, 0.2) is 0 Å². The molecule has 0 saturated carbocycles. The van der Waals surface area contributed by atoms with Gasteiger partial charge in [0.1, 0.15) is 0 Å². The number of nitrogens with zero attached hydrogens (tertiary/aromatic N) is 2. The van der Waals surface area contributed by atoms with Crippen LogP contribution in [-0.4, -0.2) is 36.1 Å². The van der Waals surface area contributed by atoms with Gasteiger partial charge in [-0.05, 0) is 18.6 Å². The van der Waals surface area contributed by atoms with Gasteiger partial charge in [0.05, 0.1) is 23.7 Å². The molecule has 0 saturated heterocycles. The lowest BCUT2D eigenvalue weighted by atomic mass is 10.2. The highest BCUT2D eigenvalue weighted by atomic mass is 32.1. The second-order valence-corrected chi connectivity index (χ2v) is 5.52. The van der Waals surface area contributed by atoms with Crippen LogP contribution in [0, 0.1) is 0 Å². The molecule has 112 valence electrons. The Hall–Kier alpha value is -1.79. The largest absolute Gasteiger partial charge is 0.383 e. The van der Waals surface area contributed by atoms with Crippen LogP contribution in [0.1, 0.15) is 16.4 Å². The number of carbonyl (C=O) groups excluding carboxylic acids is 1. The van der Waals surface area contributed by atoms with Gasteiger partial charge < -0.3 is 10.1 Å². The Morgan fingerprint density at radius 1 is 1.33 bits per heavy atom. The molecular formula is C15H19N3O2S. The number of pyridine rings is 1. The third-order valence-electron chi connectivity index (χ3n) is 2.89. The van der Waals surface area contributed by atoms with E-state index in [1.165, 1.54) is 0 Å². The minimum absolute atomic E-state index is 0.0198. The number of carbonyl (C=O) groups is 1. The van der Waals surface area contributed by atoms with Gasteiger partial charge in [-0.25, -0.2) is 4.98 Å². The number of hydrogen-bond donors (Lipinski definition) is 1. The quantitative estimate of drug-likeness (QED) is 0.753. The molecule has 1 amide bonds. The van der Waals surface area contributed by atoms with Crippen LogP contribution in [0.3, 0.4) is 0 Å². The van der Waals surface area contributed by atoms with Gasteiger partial charge in [-0.2, -0.15) is 0 Å². The van der Waals surface area contributed by atoms with Gasteiger partial charge in [0, 0.05) is 37.3 Å². The average molecular weight is 305 g/mol. The predicted octanol–water partition coefficient (Wildman–Crippen LogP) is 1.63. The van der Waals surface area contributed by atoms with Gasteiger partial charge in [0.25, 0.3) is 0 Å². The highest BCUT2D eigenvalue weighted by Crippen LogP contribution is 2.13. The van der Waals surface area contributed by atoms with E-state index >= 15 is 0 Å². The summed E-state index contributed by atoms with van der Waals surface area (Å²) in [6, 6.07) is 5.91. The molecule has 0 aliphatic carbocycles. The first-order valence-electron chi connectivity index (χ1n) is 6.87. The van der Waals surface area contributed by atoms with Crippen molar-refractivity contribution < 1.29 is 9.53 Å². The number of hydrogen-bond acceptors (Lipinski definition) is 5. The molecule has 0 aliphatic heterocycles. The molecule has 21 heavy (non-hydrogen) atoms. The van der Waals surface area contributed by atoms with Crippen LogP contribution in [0.4, 0.5) is 0 Å². The summed E-state index contributed by atoms with van der Waals surface area (Å²) in [6.45, 7) is 1.06. The number of amides is 1. The molecule has 0 fully saturated rings. The predicted molar refractivity (Wildman–Crippen MR) is 82.3 cm³/mol. The number of nitrogens with one attached hydrogen (secondary N) is 1. The zero-order chi connectivity index (χ0) is 14.9. The fraction of sp³-hybridized carbons (Fsp3) is 0.400. The smallest absolute Gasteiger partial charge is 0.226 e. The van der Waals surface area contributed by atoms with E-state index in [1.807, 2.05) is 23.6 Å². The van der Waals surface area contributed by atoms with Crippen molar-refractivity contribution in [2.24, 2.45) is 0 Å². The maximum absolute atomic E-state index is 11.7. The van der Waals surface area contributed by atoms with Gasteiger partial charge in [0.2, 0.25) is 5.91 Å². The van der Waals surface area contributed by atoms with E-state index in [-0.39, 0.29) is 5.91 Å². The topological polar surface area (TPSA) is 64.1 Å². The Morgan fingerprint density at radius 2 is 2.24 bits per heavy atom. The fourth-order valence-electron chi connectivity index (χ4n) is 1.85. The lowest BCUT2D eigenvalue weighted by Gasteiger charge is -2.02. The monoisotopic (exact) mass is 305 g/mol. The Labute approximate surface area is 128 Å². The molecule has 0 bridgehead atoms. The van der Waals surface area contributed by atoms with E-state index in [0.717, 1.165) is 29.2 Å². The Morgan fingerprint density at radius 3 is 3.00 bits per heavy atom. The minimum atomic E-state index is -0.0198. The van der Waals surface area contributed by atoms with E-state index in [2.05, 4.69) is 15.3 Å². The lowest BCUT2D eigenvalue weighted by Crippen LogP contribution is -2.28. The van der Waals surface area contributed by atoms with Crippen molar-refractivity contribution >= 4 is 17.2 Å². The fourth-order valence-corrected chi connectivity index (χ4v) is 2.64. The molecule has 0 aliphatic rings. The van der Waals surface area contributed by atoms with Crippen LogP contribution in [0.5, 0.6) is 0 Å². The van der Waals surface area contributed by atoms with Crippen LogP contribution >= 0.6 is 11.3 Å². The highest BCUT2D eigenvalue weighted by Gasteiger charge is 2.07. The van der Waals surface area contributed by atoms with Gasteiger partial charge in [-0.1, -0.05) is 6.07 Å². The summed E-state index contributed by atoms with van der Waals surface area (Å²) < 4.78 is 4.89. The number of thiazole rings is 1. The SMILES string of the molecule is COCCNC(=O)Cc1csc(CCc2ccccn2)n1. The maximum atomic E-state index is 11.7. The third-order valence-corrected chi connectivity index (χ3v) is 3.85. The molecule has 0 spiro atoms. The molecule has 0 atom stereocenters. The van der Waals surface area contributed by atoms with Crippen molar-refractivity contribution in [2.75, 3.05) is 20.3 Å². The van der Waals surface area contributed by atoms with E-state index in [9.17, 15) is 4.79 Å². The molecule has 2 rings (SSSR count). The van der Waals surface area contributed by atoms with Gasteiger partial charge >= 0.3 is 0 Å². The molecule has 0 unspecified atom stereocenters. The van der Waals surface area contributed by atoms with E-state index in [1.54, 1.807) is 24.6 Å². The van der Waals surface area contributed by atoms with E-state index in [4.69, 9.17) is 4.74 Å². The number of methoxy groups -OCH3 is 1. The van der Waals surface area contributed by atoms with Gasteiger partial charge in [-0.3, -0.25) is 9.78 Å². The Kier molecular flexibility index (Phi) is 6.30. The standard InChI is InChI=1S/C15H19N3O2S/c1-20-9-8-17-14(19)10-13-11-21-15(18-13)6-5-12-4-2-3-7-16-12/h2-4,7,11H,5-6,8-10H2,1H3,(H,17,19). The Bertz CT molecular complexity index is 557. The molecule has 0 radical (unpaired) electrons. The van der Waals surface area contributed by atoms with Crippen LogP contribution in [0.25, 0.3) is 0 Å². The van der Waals surface area contributed by atoms with Crippen LogP contribution in [-0.2, 0) is 28.8 Å². The lowest BCUT2D eigenvalue weighted by molar-refractivity contribution is -0.120. The normalized spacial score (nSPS) is 10.5. The van der Waals surface area contributed by atoms with Gasteiger partial charge in [-0.15, -0.1) is 11.3 Å². The molecule has 6 heteroatoms. The first kappa shape index (κ1) is 15.6. The molecular weight excluding hydrogens is 286 g/mol. The van der Waals surface area contributed by atoms with E-state index < -0.39 is 0 Å². The molecule has 2 aromatic rings. The number of aryl methyl sites for hydroxylation is 2. The zero-order valence-corrected chi connectivity index (χ0v) is 12.9. The van der Waals surface area contributed by atoms with Crippen molar-refractivity contribution in [3.63, 3.8) is 0 Å². The number of aromatic nitrogens is 2. The first-order valence-corrected chi connectivity index (χ1v) is 7.74. The highest BCUT2D eigenvalue weighted by molar-refractivity contribution is 7.09. The van der Waals surface area contributed by atoms with Crippen molar-refractivity contribution in [1.29, 1.82) is 0 Å². The molecule has 5 nitrogen and oxygen atoms in total. The molecule has 1 N–H and O–H groups in total. The van der Waals surface area contributed by atoms with Crippen LogP contribution in [0.2, 0.25) is 0 Å². The number of rotatable bonds is 8. The van der Waals surface area contributed by atoms with Crippen molar-refractivity contribution in [1.82, 2.24) is 15.3 Å². The summed E-state index contributed by atoms with van der Waals surface area (Å²) in [4.78, 5) is 20.4. The Balaban J connectivity index is 1.77.